The van der Waals surface area contributed by atoms with Gasteiger partial charge in [-0.15, -0.1) is 0 Å². The summed E-state index contributed by atoms with van der Waals surface area (Å²) >= 11 is 0. The van der Waals surface area contributed by atoms with Crippen molar-refractivity contribution >= 4 is 23.3 Å². The molecular weight excluding hydrogens is 316 g/mol. The Morgan fingerprint density at radius 3 is 2.12 bits per heavy atom. The van der Waals surface area contributed by atoms with E-state index in [1.807, 2.05) is 12.1 Å². The third-order valence-corrected chi connectivity index (χ3v) is 3.85. The van der Waals surface area contributed by atoms with E-state index in [0.717, 1.165) is 5.69 Å². The molecular formula is C20H24N2O3. The van der Waals surface area contributed by atoms with Crippen LogP contribution in [0.3, 0.4) is 0 Å². The molecule has 0 saturated heterocycles. The monoisotopic (exact) mass is 340 g/mol. The predicted molar refractivity (Wildman–Crippen MR) is 100 cm³/mol. The zero-order valence-electron chi connectivity index (χ0n) is 14.8. The number of amides is 1. The molecule has 5 heteroatoms. The number of carbonyl (C=O) groups excluding carboxylic acids is 2. The van der Waals surface area contributed by atoms with Crippen LogP contribution in [0.4, 0.5) is 11.4 Å². The van der Waals surface area contributed by atoms with E-state index in [9.17, 15) is 9.59 Å². The molecule has 0 radical (unpaired) electrons. The van der Waals surface area contributed by atoms with Crippen LogP contribution in [0.1, 0.15) is 42.1 Å². The normalized spacial score (nSPS) is 10.4. The van der Waals surface area contributed by atoms with E-state index in [1.54, 1.807) is 24.3 Å². The largest absolute Gasteiger partial charge is 0.465 e. The van der Waals surface area contributed by atoms with E-state index in [0.29, 0.717) is 30.1 Å². The molecule has 0 atom stereocenters. The molecule has 1 amide bonds. The van der Waals surface area contributed by atoms with Crippen molar-refractivity contribution in [3.05, 3.63) is 59.7 Å². The molecule has 5 nitrogen and oxygen atoms in total. The highest BCUT2D eigenvalue weighted by Crippen LogP contribution is 2.17. The van der Waals surface area contributed by atoms with E-state index in [-0.39, 0.29) is 5.91 Å². The minimum atomic E-state index is -0.398. The van der Waals surface area contributed by atoms with Crippen molar-refractivity contribution in [2.75, 3.05) is 24.3 Å². The standard InChI is InChI=1S/C20H24N2O3/c1-14(2)15-4-8-17(9-5-15)21-13-12-19(23)22-18-10-6-16(7-11-18)20(24)25-3/h4-11,14,21H,12-13H2,1-3H3,(H,22,23). The maximum atomic E-state index is 12.0. The summed E-state index contributed by atoms with van der Waals surface area (Å²) in [5.74, 6) is 0.0214. The predicted octanol–water partition coefficient (Wildman–Crippen LogP) is 4.04. The third-order valence-electron chi connectivity index (χ3n) is 3.85. The number of anilines is 2. The summed E-state index contributed by atoms with van der Waals surface area (Å²) in [6.45, 7) is 4.86. The molecule has 25 heavy (non-hydrogen) atoms. The lowest BCUT2D eigenvalue weighted by molar-refractivity contribution is -0.115. The van der Waals surface area contributed by atoms with Gasteiger partial charge in [0.15, 0.2) is 0 Å². The molecule has 0 fully saturated rings. The minimum Gasteiger partial charge on any atom is -0.465 e. The highest BCUT2D eigenvalue weighted by atomic mass is 16.5. The van der Waals surface area contributed by atoms with Crippen LogP contribution in [-0.2, 0) is 9.53 Å². The van der Waals surface area contributed by atoms with Crippen molar-refractivity contribution in [2.24, 2.45) is 0 Å². The average Bonchev–Trinajstić information content (AvgIpc) is 2.62. The fourth-order valence-electron chi connectivity index (χ4n) is 2.34. The molecule has 132 valence electrons. The number of esters is 1. The van der Waals surface area contributed by atoms with Crippen molar-refractivity contribution in [3.63, 3.8) is 0 Å². The SMILES string of the molecule is COC(=O)c1ccc(NC(=O)CCNc2ccc(C(C)C)cc2)cc1. The fraction of sp³-hybridized carbons (Fsp3) is 0.300. The lowest BCUT2D eigenvalue weighted by Crippen LogP contribution is -2.16. The lowest BCUT2D eigenvalue weighted by Gasteiger charge is -2.10. The molecule has 2 rings (SSSR count). The van der Waals surface area contributed by atoms with Gasteiger partial charge in [0.25, 0.3) is 0 Å². The average molecular weight is 340 g/mol. The molecule has 0 aliphatic heterocycles. The number of benzene rings is 2. The van der Waals surface area contributed by atoms with Gasteiger partial charge in [-0.1, -0.05) is 26.0 Å². The van der Waals surface area contributed by atoms with Gasteiger partial charge in [-0.05, 0) is 47.9 Å². The van der Waals surface area contributed by atoms with Gasteiger partial charge < -0.3 is 15.4 Å². The Kier molecular flexibility index (Phi) is 6.57. The summed E-state index contributed by atoms with van der Waals surface area (Å²) < 4.78 is 4.64. The molecule has 2 aromatic rings. The number of rotatable bonds is 7. The van der Waals surface area contributed by atoms with Crippen molar-refractivity contribution in [1.29, 1.82) is 0 Å². The van der Waals surface area contributed by atoms with Crippen molar-refractivity contribution in [1.82, 2.24) is 0 Å². The van der Waals surface area contributed by atoms with Crippen LogP contribution in [0.25, 0.3) is 0 Å². The molecule has 0 saturated carbocycles. The number of hydrogen-bond donors (Lipinski definition) is 2. The molecule has 0 aliphatic carbocycles. The second kappa shape index (κ2) is 8.87. The van der Waals surface area contributed by atoms with E-state index in [1.165, 1.54) is 12.7 Å². The number of methoxy groups -OCH3 is 1. The topological polar surface area (TPSA) is 67.4 Å². The Labute approximate surface area is 148 Å². The van der Waals surface area contributed by atoms with Crippen LogP contribution in [0.2, 0.25) is 0 Å². The van der Waals surface area contributed by atoms with Crippen molar-refractivity contribution in [2.45, 2.75) is 26.2 Å². The van der Waals surface area contributed by atoms with Gasteiger partial charge in [-0.3, -0.25) is 4.79 Å². The molecule has 0 spiro atoms. The molecule has 0 aromatic heterocycles. The molecule has 0 bridgehead atoms. The number of hydrogen-bond acceptors (Lipinski definition) is 4. The number of nitrogens with one attached hydrogen (secondary N) is 2. The summed E-state index contributed by atoms with van der Waals surface area (Å²) in [7, 11) is 1.33. The fourth-order valence-corrected chi connectivity index (χ4v) is 2.34. The van der Waals surface area contributed by atoms with Crippen LogP contribution < -0.4 is 10.6 Å². The first-order valence-electron chi connectivity index (χ1n) is 8.31. The summed E-state index contributed by atoms with van der Waals surface area (Å²) in [6.07, 6.45) is 0.352. The van der Waals surface area contributed by atoms with Gasteiger partial charge >= 0.3 is 5.97 Å². The molecule has 2 aromatic carbocycles. The summed E-state index contributed by atoms with van der Waals surface area (Å²) in [4.78, 5) is 23.3. The van der Waals surface area contributed by atoms with Gasteiger partial charge in [-0.25, -0.2) is 4.79 Å². The van der Waals surface area contributed by atoms with Crippen LogP contribution in [0.5, 0.6) is 0 Å². The van der Waals surface area contributed by atoms with Crippen LogP contribution in [0, 0.1) is 0 Å². The van der Waals surface area contributed by atoms with E-state index in [2.05, 4.69) is 41.4 Å². The quantitative estimate of drug-likeness (QED) is 0.747. The van der Waals surface area contributed by atoms with Crippen molar-refractivity contribution < 1.29 is 14.3 Å². The zero-order valence-corrected chi connectivity index (χ0v) is 14.8. The molecule has 2 N–H and O–H groups in total. The Hall–Kier alpha value is -2.82. The Morgan fingerprint density at radius 2 is 1.56 bits per heavy atom. The van der Waals surface area contributed by atoms with E-state index < -0.39 is 5.97 Å². The Morgan fingerprint density at radius 1 is 0.960 bits per heavy atom. The van der Waals surface area contributed by atoms with Gasteiger partial charge in [0.2, 0.25) is 5.91 Å². The first-order valence-corrected chi connectivity index (χ1v) is 8.31. The van der Waals surface area contributed by atoms with Gasteiger partial charge in [0.1, 0.15) is 0 Å². The first kappa shape index (κ1) is 18.5. The molecule has 0 heterocycles. The molecule has 0 aliphatic rings. The summed E-state index contributed by atoms with van der Waals surface area (Å²) in [6, 6.07) is 14.8. The summed E-state index contributed by atoms with van der Waals surface area (Å²) in [5, 5.41) is 6.04. The van der Waals surface area contributed by atoms with E-state index >= 15 is 0 Å². The smallest absolute Gasteiger partial charge is 0.337 e. The lowest BCUT2D eigenvalue weighted by atomic mass is 10.0. The Balaban J connectivity index is 1.77. The third kappa shape index (κ3) is 5.64. The van der Waals surface area contributed by atoms with Gasteiger partial charge in [0.05, 0.1) is 12.7 Å². The second-order valence-corrected chi connectivity index (χ2v) is 6.07. The zero-order chi connectivity index (χ0) is 18.2. The molecule has 0 unspecified atom stereocenters. The highest BCUT2D eigenvalue weighted by Gasteiger charge is 2.06. The van der Waals surface area contributed by atoms with Crippen molar-refractivity contribution in [3.8, 4) is 0 Å². The van der Waals surface area contributed by atoms with Gasteiger partial charge in [0, 0.05) is 24.3 Å². The minimum absolute atomic E-state index is 0.0860. The van der Waals surface area contributed by atoms with Gasteiger partial charge in [-0.2, -0.15) is 0 Å². The van der Waals surface area contributed by atoms with Crippen LogP contribution in [0.15, 0.2) is 48.5 Å². The highest BCUT2D eigenvalue weighted by molar-refractivity contribution is 5.93. The maximum Gasteiger partial charge on any atom is 0.337 e. The summed E-state index contributed by atoms with van der Waals surface area (Å²) in [5.41, 5.74) is 3.39. The Bertz CT molecular complexity index is 707. The first-order chi connectivity index (χ1) is 12.0. The van der Waals surface area contributed by atoms with Crippen LogP contribution in [-0.4, -0.2) is 25.5 Å². The van der Waals surface area contributed by atoms with Crippen LogP contribution >= 0.6 is 0 Å². The maximum absolute atomic E-state index is 12.0. The second-order valence-electron chi connectivity index (χ2n) is 6.07. The number of carbonyl (C=O) groups is 2. The van der Waals surface area contributed by atoms with E-state index in [4.69, 9.17) is 0 Å². The number of ether oxygens (including phenoxy) is 1.